The number of ether oxygens (including phenoxy) is 2. The van der Waals surface area contributed by atoms with Crippen LogP contribution in [0.3, 0.4) is 0 Å². The molecule has 1 aliphatic heterocycles. The molecule has 3 atom stereocenters. The third-order valence-electron chi connectivity index (χ3n) is 3.21. The van der Waals surface area contributed by atoms with E-state index < -0.39 is 0 Å². The largest absolute Gasteiger partial charge is 0.345 e. The molecule has 1 fully saturated rings. The maximum atomic E-state index is 11.3. The number of allylic oxidation sites excluding steroid dienone is 1. The first-order valence-corrected chi connectivity index (χ1v) is 5.63. The van der Waals surface area contributed by atoms with Gasteiger partial charge in [0.15, 0.2) is 12.1 Å². The van der Waals surface area contributed by atoms with Crippen molar-refractivity contribution in [2.75, 3.05) is 0 Å². The van der Waals surface area contributed by atoms with Gasteiger partial charge < -0.3 is 9.47 Å². The smallest absolute Gasteiger partial charge is 0.161 e. The third-order valence-corrected chi connectivity index (χ3v) is 3.21. The molecular formula is C12H18O3. The zero-order valence-corrected chi connectivity index (χ0v) is 9.53. The van der Waals surface area contributed by atoms with Crippen molar-refractivity contribution in [3.63, 3.8) is 0 Å². The van der Waals surface area contributed by atoms with Gasteiger partial charge in [-0.15, -0.1) is 0 Å². The van der Waals surface area contributed by atoms with Crippen LogP contribution in [0, 0.1) is 5.92 Å². The molecule has 0 N–H and O–H groups in total. The van der Waals surface area contributed by atoms with Crippen molar-refractivity contribution in [1.82, 2.24) is 0 Å². The Hall–Kier alpha value is -0.670. The molecule has 0 spiro atoms. The van der Waals surface area contributed by atoms with E-state index in [0.29, 0.717) is 12.3 Å². The second kappa shape index (κ2) is 3.72. The summed E-state index contributed by atoms with van der Waals surface area (Å²) in [6.45, 7) is 6.20. The van der Waals surface area contributed by atoms with E-state index in [2.05, 4.69) is 20.8 Å². The summed E-state index contributed by atoms with van der Waals surface area (Å²) < 4.78 is 11.7. The van der Waals surface area contributed by atoms with E-state index >= 15 is 0 Å². The van der Waals surface area contributed by atoms with E-state index in [-0.39, 0.29) is 23.8 Å². The summed E-state index contributed by atoms with van der Waals surface area (Å²) in [6, 6.07) is 0. The van der Waals surface area contributed by atoms with Crippen molar-refractivity contribution in [3.05, 3.63) is 12.2 Å². The highest BCUT2D eigenvalue weighted by Crippen LogP contribution is 2.40. The maximum Gasteiger partial charge on any atom is 0.161 e. The average Bonchev–Trinajstić information content (AvgIpc) is 2.57. The Morgan fingerprint density at radius 1 is 1.60 bits per heavy atom. The predicted octanol–water partition coefficient (Wildman–Crippen LogP) is 2.06. The van der Waals surface area contributed by atoms with Crippen molar-refractivity contribution in [1.29, 1.82) is 0 Å². The van der Waals surface area contributed by atoms with Gasteiger partial charge in [0, 0.05) is 12.3 Å². The van der Waals surface area contributed by atoms with Gasteiger partial charge in [-0.3, -0.25) is 4.79 Å². The molecule has 0 aromatic carbocycles. The van der Waals surface area contributed by atoms with Gasteiger partial charge in [0.05, 0.1) is 0 Å². The Bertz CT molecular complexity index is 295. The molecule has 1 heterocycles. The summed E-state index contributed by atoms with van der Waals surface area (Å²) in [7, 11) is 0. The lowest BCUT2D eigenvalue weighted by molar-refractivity contribution is -0.119. The Morgan fingerprint density at radius 3 is 2.93 bits per heavy atom. The number of hydrogen-bond donors (Lipinski definition) is 0. The zero-order valence-electron chi connectivity index (χ0n) is 9.53. The number of hydrogen-bond acceptors (Lipinski definition) is 3. The molecule has 1 aliphatic carbocycles. The van der Waals surface area contributed by atoms with E-state index in [9.17, 15) is 4.79 Å². The normalized spacial score (nSPS) is 39.9. The number of carbonyl (C=O) groups is 1. The van der Waals surface area contributed by atoms with E-state index in [0.717, 1.165) is 6.42 Å². The predicted molar refractivity (Wildman–Crippen MR) is 56.4 cm³/mol. The monoisotopic (exact) mass is 210 g/mol. The van der Waals surface area contributed by atoms with E-state index in [4.69, 9.17) is 9.47 Å². The van der Waals surface area contributed by atoms with Crippen LogP contribution in [0.2, 0.25) is 0 Å². The maximum absolute atomic E-state index is 11.3. The first kappa shape index (κ1) is 10.8. The molecule has 0 aromatic rings. The van der Waals surface area contributed by atoms with Gasteiger partial charge in [0.25, 0.3) is 0 Å². The molecule has 84 valence electrons. The van der Waals surface area contributed by atoms with Crippen molar-refractivity contribution >= 4 is 5.78 Å². The molecule has 0 unspecified atom stereocenters. The summed E-state index contributed by atoms with van der Waals surface area (Å²) >= 11 is 0. The highest BCUT2D eigenvalue weighted by Gasteiger charge is 2.49. The van der Waals surface area contributed by atoms with E-state index in [1.807, 2.05) is 6.08 Å². The molecule has 2 aliphatic rings. The quantitative estimate of drug-likeness (QED) is 0.700. The van der Waals surface area contributed by atoms with Crippen LogP contribution in [0.1, 0.15) is 33.6 Å². The fourth-order valence-corrected chi connectivity index (χ4v) is 2.17. The van der Waals surface area contributed by atoms with Gasteiger partial charge in [-0.1, -0.05) is 20.8 Å². The Balaban J connectivity index is 2.22. The summed E-state index contributed by atoms with van der Waals surface area (Å²) in [5.41, 5.74) is -0.358. The van der Waals surface area contributed by atoms with Crippen molar-refractivity contribution in [2.45, 2.75) is 51.6 Å². The standard InChI is InChI=1S/C12H18O3/c1-4-12-6-5-9(13)7-10(12)14-11(15-12)8(2)3/h5-6,8,10-11H,4,7H2,1-3H3/t10-,11+,12+/m0/s1. The molecule has 1 saturated heterocycles. The lowest BCUT2D eigenvalue weighted by atomic mass is 9.85. The second-order valence-corrected chi connectivity index (χ2v) is 4.67. The molecule has 15 heavy (non-hydrogen) atoms. The van der Waals surface area contributed by atoms with Crippen LogP contribution in [0.15, 0.2) is 12.2 Å². The molecule has 2 rings (SSSR count). The molecule has 0 radical (unpaired) electrons. The fourth-order valence-electron chi connectivity index (χ4n) is 2.17. The van der Waals surface area contributed by atoms with Crippen molar-refractivity contribution in [3.8, 4) is 0 Å². The van der Waals surface area contributed by atoms with Crippen LogP contribution in [-0.2, 0) is 14.3 Å². The van der Waals surface area contributed by atoms with Gasteiger partial charge >= 0.3 is 0 Å². The van der Waals surface area contributed by atoms with E-state index in [1.165, 1.54) is 0 Å². The molecule has 0 bridgehead atoms. The van der Waals surface area contributed by atoms with Crippen molar-refractivity contribution in [2.24, 2.45) is 5.92 Å². The summed E-state index contributed by atoms with van der Waals surface area (Å²) in [4.78, 5) is 11.3. The highest BCUT2D eigenvalue weighted by atomic mass is 16.7. The molecule has 0 saturated carbocycles. The minimum Gasteiger partial charge on any atom is -0.345 e. The SMILES string of the molecule is CC[C@@]12C=CC(=O)C[C@@H]1O[C@@H](C(C)C)O2. The summed E-state index contributed by atoms with van der Waals surface area (Å²) in [5.74, 6) is 0.458. The van der Waals surface area contributed by atoms with Gasteiger partial charge in [0.1, 0.15) is 11.7 Å². The lowest BCUT2D eigenvalue weighted by Crippen LogP contribution is -2.41. The fraction of sp³-hybridized carbons (Fsp3) is 0.750. The molecule has 0 aromatic heterocycles. The molecule has 3 nitrogen and oxygen atoms in total. The van der Waals surface area contributed by atoms with Crippen LogP contribution < -0.4 is 0 Å². The molecule has 3 heteroatoms. The average molecular weight is 210 g/mol. The third kappa shape index (κ3) is 1.74. The van der Waals surface area contributed by atoms with E-state index in [1.54, 1.807) is 6.08 Å². The van der Waals surface area contributed by atoms with Gasteiger partial charge in [-0.2, -0.15) is 0 Å². The summed E-state index contributed by atoms with van der Waals surface area (Å²) in [5, 5.41) is 0. The minimum atomic E-state index is -0.358. The second-order valence-electron chi connectivity index (χ2n) is 4.67. The Labute approximate surface area is 90.4 Å². The summed E-state index contributed by atoms with van der Waals surface area (Å²) in [6.07, 6.45) is 4.55. The lowest BCUT2D eigenvalue weighted by Gasteiger charge is -2.30. The zero-order chi connectivity index (χ0) is 11.1. The number of carbonyl (C=O) groups excluding carboxylic acids is 1. The van der Waals surface area contributed by atoms with Gasteiger partial charge in [0.2, 0.25) is 0 Å². The first-order valence-electron chi connectivity index (χ1n) is 5.63. The van der Waals surface area contributed by atoms with Crippen LogP contribution in [0.5, 0.6) is 0 Å². The van der Waals surface area contributed by atoms with Crippen LogP contribution in [0.4, 0.5) is 0 Å². The van der Waals surface area contributed by atoms with Gasteiger partial charge in [-0.05, 0) is 18.6 Å². The number of ketones is 1. The first-order chi connectivity index (χ1) is 7.07. The number of rotatable bonds is 2. The molecule has 0 amide bonds. The Morgan fingerprint density at radius 2 is 2.33 bits per heavy atom. The van der Waals surface area contributed by atoms with Gasteiger partial charge in [-0.25, -0.2) is 0 Å². The highest BCUT2D eigenvalue weighted by molar-refractivity contribution is 5.91. The van der Waals surface area contributed by atoms with Crippen LogP contribution >= 0.6 is 0 Å². The number of fused-ring (bicyclic) bond motifs is 1. The van der Waals surface area contributed by atoms with Crippen molar-refractivity contribution < 1.29 is 14.3 Å². The molecular weight excluding hydrogens is 192 g/mol. The van der Waals surface area contributed by atoms with Crippen LogP contribution in [-0.4, -0.2) is 23.8 Å². The topological polar surface area (TPSA) is 35.5 Å². The minimum absolute atomic E-state index is 0.0904. The van der Waals surface area contributed by atoms with Crippen LogP contribution in [0.25, 0.3) is 0 Å². The Kier molecular flexibility index (Phi) is 2.69.